The molecule has 1 aromatic heterocycles. The Labute approximate surface area is 176 Å². The topological polar surface area (TPSA) is 140 Å². The van der Waals surface area contributed by atoms with E-state index in [1.807, 2.05) is 26.0 Å². The van der Waals surface area contributed by atoms with Gasteiger partial charge in [0.1, 0.15) is 17.2 Å². The number of nitrogen functional groups attached to an aromatic ring is 1. The van der Waals surface area contributed by atoms with Gasteiger partial charge in [0.2, 0.25) is 0 Å². The molecule has 0 unspecified atom stereocenters. The lowest BCUT2D eigenvalue weighted by Crippen LogP contribution is -1.91. The number of pyridine rings is 1. The number of aliphatic hydroxyl groups is 3. The van der Waals surface area contributed by atoms with Crippen LogP contribution < -0.4 is 5.73 Å². The summed E-state index contributed by atoms with van der Waals surface area (Å²) in [6, 6.07) is 13.9. The van der Waals surface area contributed by atoms with E-state index in [9.17, 15) is 0 Å². The molecular formula is C23H30N2O5. The first-order valence-electron chi connectivity index (χ1n) is 9.32. The lowest BCUT2D eigenvalue weighted by Gasteiger charge is -2.00. The normalized spacial score (nSPS) is 9.80. The zero-order chi connectivity index (χ0) is 22.7. The quantitative estimate of drug-likeness (QED) is 0.362. The summed E-state index contributed by atoms with van der Waals surface area (Å²) >= 11 is 0. The highest BCUT2D eigenvalue weighted by molar-refractivity contribution is 5.44. The van der Waals surface area contributed by atoms with E-state index >= 15 is 0 Å². The standard InChI is InChI=1S/C8H11NO.C8H10O2.C7H9NO2/c1-6-2-7(5-10)4-8(9)3-6;1-6-2-3-8(10)7(4-6)5-9;1-5-2-3-7(10)6(4-9)8-5/h2-4,10H,5,9H2,1H3;2-4,9-10H,5H2,1H3;2-3,9-10H,4H2,1H3. The van der Waals surface area contributed by atoms with Crippen molar-refractivity contribution >= 4 is 5.69 Å². The van der Waals surface area contributed by atoms with Crippen LogP contribution in [0.3, 0.4) is 0 Å². The van der Waals surface area contributed by atoms with Crippen LogP contribution in [0.1, 0.15) is 33.6 Å². The molecule has 3 aromatic rings. The first kappa shape index (κ1) is 24.9. The Bertz CT molecular complexity index is 873. The Morgan fingerprint density at radius 2 is 1.40 bits per heavy atom. The zero-order valence-electron chi connectivity index (χ0n) is 17.5. The summed E-state index contributed by atoms with van der Waals surface area (Å²) in [5.41, 5.74) is 10.9. The molecule has 3 rings (SSSR count). The fourth-order valence-electron chi connectivity index (χ4n) is 2.55. The van der Waals surface area contributed by atoms with E-state index in [0.29, 0.717) is 16.9 Å². The number of nitrogens with two attached hydrogens (primary N) is 1. The van der Waals surface area contributed by atoms with Crippen LogP contribution in [-0.2, 0) is 19.8 Å². The Morgan fingerprint density at radius 3 is 1.90 bits per heavy atom. The molecular weight excluding hydrogens is 384 g/mol. The minimum atomic E-state index is -0.215. The van der Waals surface area contributed by atoms with Gasteiger partial charge in [-0.05, 0) is 62.2 Å². The monoisotopic (exact) mass is 414 g/mol. The Kier molecular flexibility index (Phi) is 10.3. The van der Waals surface area contributed by atoms with Gasteiger partial charge in [-0.15, -0.1) is 0 Å². The summed E-state index contributed by atoms with van der Waals surface area (Å²) in [5, 5.41) is 44.1. The van der Waals surface area contributed by atoms with Crippen LogP contribution in [0.4, 0.5) is 5.69 Å². The van der Waals surface area contributed by atoms with E-state index in [1.54, 1.807) is 37.3 Å². The number of benzene rings is 2. The maximum absolute atomic E-state index is 9.07. The van der Waals surface area contributed by atoms with Crippen LogP contribution in [0.25, 0.3) is 0 Å². The number of aromatic nitrogens is 1. The number of aliphatic hydroxyl groups excluding tert-OH is 3. The summed E-state index contributed by atoms with van der Waals surface area (Å²) in [5.74, 6) is 0.209. The van der Waals surface area contributed by atoms with Gasteiger partial charge >= 0.3 is 0 Å². The van der Waals surface area contributed by atoms with Crippen molar-refractivity contribution in [1.29, 1.82) is 0 Å². The van der Waals surface area contributed by atoms with Crippen LogP contribution in [-0.4, -0.2) is 30.5 Å². The summed E-state index contributed by atoms with van der Waals surface area (Å²) in [6.45, 7) is 5.42. The van der Waals surface area contributed by atoms with Gasteiger partial charge in [0.25, 0.3) is 0 Å². The Hall–Kier alpha value is -3.13. The predicted molar refractivity (Wildman–Crippen MR) is 117 cm³/mol. The number of aromatic hydroxyl groups is 2. The van der Waals surface area contributed by atoms with Crippen molar-refractivity contribution in [2.75, 3.05) is 5.73 Å². The van der Waals surface area contributed by atoms with Crippen LogP contribution in [0.5, 0.6) is 11.5 Å². The summed E-state index contributed by atoms with van der Waals surface area (Å²) in [6.07, 6.45) is 0. The van der Waals surface area contributed by atoms with Gasteiger partial charge in [-0.1, -0.05) is 23.8 Å². The van der Waals surface area contributed by atoms with Crippen molar-refractivity contribution < 1.29 is 25.5 Å². The van der Waals surface area contributed by atoms with E-state index < -0.39 is 0 Å². The molecule has 1 heterocycles. The highest BCUT2D eigenvalue weighted by Gasteiger charge is 1.99. The van der Waals surface area contributed by atoms with Crippen molar-refractivity contribution in [2.24, 2.45) is 0 Å². The summed E-state index contributed by atoms with van der Waals surface area (Å²) in [7, 11) is 0. The zero-order valence-corrected chi connectivity index (χ0v) is 17.5. The molecule has 0 saturated carbocycles. The van der Waals surface area contributed by atoms with E-state index in [2.05, 4.69) is 4.98 Å². The molecule has 0 aliphatic heterocycles. The molecule has 7 N–H and O–H groups in total. The maximum Gasteiger partial charge on any atom is 0.139 e. The number of hydrogen-bond acceptors (Lipinski definition) is 7. The number of aryl methyl sites for hydroxylation is 3. The van der Waals surface area contributed by atoms with Crippen LogP contribution in [0.15, 0.2) is 48.5 Å². The summed E-state index contributed by atoms with van der Waals surface area (Å²) in [4.78, 5) is 3.89. The van der Waals surface area contributed by atoms with Crippen LogP contribution in [0.2, 0.25) is 0 Å². The SMILES string of the molecule is Cc1cc(N)cc(CO)c1.Cc1ccc(O)c(CO)c1.Cc1ccc(O)c(CO)n1. The van der Waals surface area contributed by atoms with Crippen molar-refractivity contribution in [3.8, 4) is 11.5 Å². The second-order valence-electron chi connectivity index (χ2n) is 6.78. The van der Waals surface area contributed by atoms with Gasteiger partial charge in [0, 0.05) is 16.9 Å². The second-order valence-corrected chi connectivity index (χ2v) is 6.78. The van der Waals surface area contributed by atoms with Gasteiger partial charge in [0.05, 0.1) is 19.8 Å². The van der Waals surface area contributed by atoms with E-state index in [0.717, 1.165) is 22.4 Å². The van der Waals surface area contributed by atoms with Crippen molar-refractivity contribution in [3.63, 3.8) is 0 Å². The minimum Gasteiger partial charge on any atom is -0.508 e. The highest BCUT2D eigenvalue weighted by Crippen LogP contribution is 2.17. The average molecular weight is 415 g/mol. The minimum absolute atomic E-state index is 0.0492. The van der Waals surface area contributed by atoms with Gasteiger partial charge in [-0.3, -0.25) is 4.98 Å². The van der Waals surface area contributed by atoms with E-state index in [1.165, 1.54) is 6.07 Å². The molecule has 0 radical (unpaired) electrons. The average Bonchev–Trinajstić information content (AvgIpc) is 2.71. The molecule has 0 fully saturated rings. The highest BCUT2D eigenvalue weighted by atomic mass is 16.3. The number of hydrogen-bond donors (Lipinski definition) is 6. The Balaban J connectivity index is 0.000000225. The second kappa shape index (κ2) is 12.4. The molecule has 0 saturated heterocycles. The largest absolute Gasteiger partial charge is 0.508 e. The molecule has 0 spiro atoms. The molecule has 0 amide bonds. The smallest absolute Gasteiger partial charge is 0.139 e. The number of anilines is 1. The van der Waals surface area contributed by atoms with Crippen LogP contribution in [0, 0.1) is 20.8 Å². The van der Waals surface area contributed by atoms with Gasteiger partial charge in [-0.2, -0.15) is 0 Å². The van der Waals surface area contributed by atoms with Crippen molar-refractivity contribution in [1.82, 2.24) is 4.98 Å². The fraction of sp³-hybridized carbons (Fsp3) is 0.261. The van der Waals surface area contributed by atoms with Crippen LogP contribution >= 0.6 is 0 Å². The molecule has 2 aromatic carbocycles. The predicted octanol–water partition coefficient (Wildman–Crippen LogP) is 2.85. The first-order chi connectivity index (χ1) is 14.2. The third-order valence-electron chi connectivity index (χ3n) is 3.99. The number of rotatable bonds is 3. The molecule has 0 aliphatic rings. The third-order valence-corrected chi connectivity index (χ3v) is 3.99. The maximum atomic E-state index is 9.07. The molecule has 7 nitrogen and oxygen atoms in total. The summed E-state index contributed by atoms with van der Waals surface area (Å²) < 4.78 is 0. The fourth-order valence-corrected chi connectivity index (χ4v) is 2.55. The van der Waals surface area contributed by atoms with Gasteiger partial charge < -0.3 is 31.3 Å². The molecule has 30 heavy (non-hydrogen) atoms. The van der Waals surface area contributed by atoms with E-state index in [-0.39, 0.29) is 31.3 Å². The lowest BCUT2D eigenvalue weighted by molar-refractivity contribution is 0.269. The molecule has 7 heteroatoms. The number of phenols is 1. The third kappa shape index (κ3) is 8.48. The van der Waals surface area contributed by atoms with Crippen molar-refractivity contribution in [3.05, 3.63) is 82.2 Å². The number of nitrogens with zero attached hydrogens (tertiary/aromatic N) is 1. The Morgan fingerprint density at radius 1 is 0.733 bits per heavy atom. The van der Waals surface area contributed by atoms with E-state index in [4.69, 9.17) is 31.3 Å². The first-order valence-corrected chi connectivity index (χ1v) is 9.32. The molecule has 162 valence electrons. The van der Waals surface area contributed by atoms with Gasteiger partial charge in [0.15, 0.2) is 0 Å². The lowest BCUT2D eigenvalue weighted by atomic mass is 10.1. The van der Waals surface area contributed by atoms with Gasteiger partial charge in [-0.25, -0.2) is 0 Å². The van der Waals surface area contributed by atoms with Crippen molar-refractivity contribution in [2.45, 2.75) is 40.6 Å². The molecule has 0 bridgehead atoms. The molecule has 0 atom stereocenters. The molecule has 0 aliphatic carbocycles.